The molecule has 478 valence electrons. The van der Waals surface area contributed by atoms with Crippen LogP contribution in [0.5, 0.6) is 0 Å². The monoisotopic (exact) mass is 1160 g/mol. The van der Waals surface area contributed by atoms with Crippen molar-refractivity contribution in [3.63, 3.8) is 0 Å². The van der Waals surface area contributed by atoms with Gasteiger partial charge in [0.05, 0.1) is 6.42 Å². The summed E-state index contributed by atoms with van der Waals surface area (Å²) in [5.74, 6) is -1.03. The molecule has 0 spiro atoms. The van der Waals surface area contributed by atoms with E-state index < -0.39 is 12.1 Å². The summed E-state index contributed by atoms with van der Waals surface area (Å²) in [5, 5.41) is 0. The molecule has 0 N–H and O–H groups in total. The fraction of sp³-hybridized carbons (Fsp3) is 0.753. The number of ether oxygens (including phenoxy) is 3. The van der Waals surface area contributed by atoms with Crippen LogP contribution in [-0.4, -0.2) is 37.2 Å². The molecule has 0 saturated heterocycles. The molecule has 0 aliphatic rings. The molecular formula is C77H134O6. The first-order chi connectivity index (χ1) is 41.0. The predicted molar refractivity (Wildman–Crippen MR) is 362 cm³/mol. The van der Waals surface area contributed by atoms with Gasteiger partial charge in [-0.25, -0.2) is 0 Å². The van der Waals surface area contributed by atoms with Crippen LogP contribution in [0, 0.1) is 0 Å². The molecule has 0 aromatic carbocycles. The van der Waals surface area contributed by atoms with Crippen molar-refractivity contribution in [1.82, 2.24) is 0 Å². The van der Waals surface area contributed by atoms with E-state index in [1.165, 1.54) is 238 Å². The Labute approximate surface area is 515 Å². The van der Waals surface area contributed by atoms with E-state index >= 15 is 0 Å². The summed E-state index contributed by atoms with van der Waals surface area (Å²) in [7, 11) is 0. The van der Waals surface area contributed by atoms with Gasteiger partial charge in [-0.3, -0.25) is 14.4 Å². The van der Waals surface area contributed by atoms with Crippen molar-refractivity contribution < 1.29 is 28.6 Å². The minimum Gasteiger partial charge on any atom is -0.462 e. The van der Waals surface area contributed by atoms with E-state index in [0.717, 1.165) is 77.0 Å². The van der Waals surface area contributed by atoms with Gasteiger partial charge in [-0.15, -0.1) is 0 Å². The molecule has 0 aliphatic carbocycles. The van der Waals surface area contributed by atoms with E-state index in [4.69, 9.17) is 14.2 Å². The smallest absolute Gasteiger partial charge is 0.309 e. The molecule has 0 aromatic heterocycles. The Balaban J connectivity index is 4.34. The molecule has 6 nitrogen and oxygen atoms in total. The van der Waals surface area contributed by atoms with E-state index in [0.29, 0.717) is 12.8 Å². The van der Waals surface area contributed by atoms with Crippen molar-refractivity contribution in [2.45, 2.75) is 361 Å². The summed E-state index contributed by atoms with van der Waals surface area (Å²) in [6.45, 7) is 6.47. The first kappa shape index (κ1) is 79.3. The molecule has 0 aromatic rings. The molecule has 6 heteroatoms. The van der Waals surface area contributed by atoms with Crippen LogP contribution in [0.4, 0.5) is 0 Å². The molecule has 1 atom stereocenters. The van der Waals surface area contributed by atoms with Crippen molar-refractivity contribution in [3.8, 4) is 0 Å². The van der Waals surface area contributed by atoms with Crippen molar-refractivity contribution in [3.05, 3.63) is 97.2 Å². The van der Waals surface area contributed by atoms with E-state index in [-0.39, 0.29) is 31.6 Å². The highest BCUT2D eigenvalue weighted by Crippen LogP contribution is 2.17. The Morgan fingerprint density at radius 3 is 0.855 bits per heavy atom. The zero-order valence-corrected chi connectivity index (χ0v) is 54.9. The van der Waals surface area contributed by atoms with Crippen LogP contribution in [0.2, 0.25) is 0 Å². The van der Waals surface area contributed by atoms with E-state index in [1.807, 2.05) is 12.2 Å². The number of carbonyl (C=O) groups is 3. The third-order valence-corrected chi connectivity index (χ3v) is 15.6. The third kappa shape index (κ3) is 69.0. The highest BCUT2D eigenvalue weighted by Gasteiger charge is 2.19. The largest absolute Gasteiger partial charge is 0.462 e. The molecule has 0 fully saturated rings. The number of unbranched alkanes of at least 4 members (excludes halogenated alkanes) is 39. The van der Waals surface area contributed by atoms with Gasteiger partial charge in [0.15, 0.2) is 6.10 Å². The number of allylic oxidation sites excluding steroid dienone is 15. The Hall–Kier alpha value is -3.67. The Morgan fingerprint density at radius 2 is 0.518 bits per heavy atom. The van der Waals surface area contributed by atoms with Crippen LogP contribution in [0.1, 0.15) is 355 Å². The average molecular weight is 1160 g/mol. The highest BCUT2D eigenvalue weighted by atomic mass is 16.6. The molecule has 0 amide bonds. The van der Waals surface area contributed by atoms with Gasteiger partial charge in [0.1, 0.15) is 13.2 Å². The van der Waals surface area contributed by atoms with Crippen LogP contribution in [0.3, 0.4) is 0 Å². The Bertz CT molecular complexity index is 1610. The Kier molecular flexibility index (Phi) is 67.7. The van der Waals surface area contributed by atoms with E-state index in [9.17, 15) is 14.4 Å². The van der Waals surface area contributed by atoms with Crippen molar-refractivity contribution >= 4 is 17.9 Å². The molecule has 0 aliphatic heterocycles. The molecule has 0 heterocycles. The molecule has 1 unspecified atom stereocenters. The molecule has 0 saturated carbocycles. The van der Waals surface area contributed by atoms with Crippen LogP contribution in [0.15, 0.2) is 97.2 Å². The Morgan fingerprint density at radius 1 is 0.265 bits per heavy atom. The van der Waals surface area contributed by atoms with Gasteiger partial charge < -0.3 is 14.2 Å². The maximum atomic E-state index is 13.0. The molecule has 0 rings (SSSR count). The van der Waals surface area contributed by atoms with Gasteiger partial charge >= 0.3 is 17.9 Å². The van der Waals surface area contributed by atoms with E-state index in [1.54, 1.807) is 0 Å². The van der Waals surface area contributed by atoms with Gasteiger partial charge in [-0.1, -0.05) is 330 Å². The molecule has 0 radical (unpaired) electrons. The summed E-state index contributed by atoms with van der Waals surface area (Å²) in [4.78, 5) is 38.4. The number of esters is 3. The van der Waals surface area contributed by atoms with Crippen molar-refractivity contribution in [2.24, 2.45) is 0 Å². The third-order valence-electron chi connectivity index (χ3n) is 15.6. The maximum absolute atomic E-state index is 13.0. The lowest BCUT2D eigenvalue weighted by molar-refractivity contribution is -0.166. The second-order valence-electron chi connectivity index (χ2n) is 23.8. The van der Waals surface area contributed by atoms with Crippen LogP contribution < -0.4 is 0 Å². The predicted octanol–water partition coefficient (Wildman–Crippen LogP) is 24.8. The van der Waals surface area contributed by atoms with Gasteiger partial charge in [0.2, 0.25) is 0 Å². The van der Waals surface area contributed by atoms with Crippen LogP contribution in [-0.2, 0) is 28.6 Å². The van der Waals surface area contributed by atoms with Gasteiger partial charge in [-0.2, -0.15) is 0 Å². The topological polar surface area (TPSA) is 78.9 Å². The average Bonchev–Trinajstić information content (AvgIpc) is 3.49. The fourth-order valence-electron chi connectivity index (χ4n) is 10.3. The highest BCUT2D eigenvalue weighted by molar-refractivity contribution is 5.72. The number of carbonyl (C=O) groups excluding carboxylic acids is 3. The summed E-state index contributed by atoms with van der Waals surface area (Å²) in [6.07, 6.45) is 96.1. The standard InChI is InChI=1S/C77H134O6/c1-4-7-10-13-16-19-22-25-28-30-32-34-36-37-38-39-41-42-44-46-49-52-55-58-61-64-67-70-76(79)82-73-74(72-81-75(78)69-66-63-60-57-54-51-48-27-24-21-18-15-12-9-6-3)83-77(80)71-68-65-62-59-56-53-50-47-45-43-40-35-33-31-29-26-23-20-17-14-11-8-5-2/h9,12,18,21,23,26-27,30-33,48,54,57,63,66,74H,4-8,10-11,13-17,19-20,22,24-25,28-29,34-47,49-53,55-56,58-62,64-65,67-73H2,1-3H3/b12-9-,21-18-,26-23-,32-30-,33-31-,48-27-,57-54-,66-63-. The SMILES string of the molecule is CC/C=C\C/C=C\C/C=C\C/C=C\C/C=C\CC(=O)OCC(COC(=O)CCCCCCCCCCCCCCCCC/C=C\CCCCCCCCCC)OC(=O)CCCCCCCCCCCCC/C=C\C/C=C\CCCCCCC. The molecular weight excluding hydrogens is 1020 g/mol. The molecule has 83 heavy (non-hydrogen) atoms. The van der Waals surface area contributed by atoms with Crippen molar-refractivity contribution in [2.75, 3.05) is 13.2 Å². The minimum atomic E-state index is -0.821. The van der Waals surface area contributed by atoms with E-state index in [2.05, 4.69) is 106 Å². The zero-order valence-electron chi connectivity index (χ0n) is 54.9. The minimum absolute atomic E-state index is 0.106. The molecule has 0 bridgehead atoms. The quantitative estimate of drug-likeness (QED) is 0.0261. The lowest BCUT2D eigenvalue weighted by Crippen LogP contribution is -2.30. The fourth-order valence-corrected chi connectivity index (χ4v) is 10.3. The number of hydrogen-bond acceptors (Lipinski definition) is 6. The van der Waals surface area contributed by atoms with Crippen LogP contribution in [0.25, 0.3) is 0 Å². The summed E-state index contributed by atoms with van der Waals surface area (Å²) < 4.78 is 16.9. The first-order valence-electron chi connectivity index (χ1n) is 35.7. The van der Waals surface area contributed by atoms with Crippen LogP contribution >= 0.6 is 0 Å². The van der Waals surface area contributed by atoms with Gasteiger partial charge in [0, 0.05) is 12.8 Å². The lowest BCUT2D eigenvalue weighted by Gasteiger charge is -2.18. The zero-order chi connectivity index (χ0) is 59.9. The summed E-state index contributed by atoms with van der Waals surface area (Å²) >= 11 is 0. The van der Waals surface area contributed by atoms with Gasteiger partial charge in [-0.05, 0) is 103 Å². The summed E-state index contributed by atoms with van der Waals surface area (Å²) in [6, 6.07) is 0. The number of rotatable bonds is 65. The first-order valence-corrected chi connectivity index (χ1v) is 35.7. The second kappa shape index (κ2) is 70.8. The number of hydrogen-bond donors (Lipinski definition) is 0. The maximum Gasteiger partial charge on any atom is 0.309 e. The second-order valence-corrected chi connectivity index (χ2v) is 23.8. The van der Waals surface area contributed by atoms with Gasteiger partial charge in [0.25, 0.3) is 0 Å². The lowest BCUT2D eigenvalue weighted by atomic mass is 10.0. The normalized spacial score (nSPS) is 12.7. The van der Waals surface area contributed by atoms with Crippen molar-refractivity contribution in [1.29, 1.82) is 0 Å². The summed E-state index contributed by atoms with van der Waals surface area (Å²) in [5.41, 5.74) is 0.